The van der Waals surface area contributed by atoms with Crippen LogP contribution < -0.4 is 10.2 Å². The van der Waals surface area contributed by atoms with E-state index in [2.05, 4.69) is 15.3 Å². The summed E-state index contributed by atoms with van der Waals surface area (Å²) in [4.78, 5) is 11.1. The number of anilines is 1. The number of rotatable bonds is 6. The van der Waals surface area contributed by atoms with Crippen LogP contribution in [0.5, 0.6) is 5.75 Å². The molecule has 5 nitrogen and oxygen atoms in total. The lowest BCUT2D eigenvalue weighted by molar-refractivity contribution is -0.132. The summed E-state index contributed by atoms with van der Waals surface area (Å²) in [5.41, 5.74) is 4.35. The Hall–Kier alpha value is -2.53. The molecule has 2 rings (SSSR count). The van der Waals surface area contributed by atoms with Gasteiger partial charge in [-0.1, -0.05) is 41.9 Å². The van der Waals surface area contributed by atoms with Crippen LogP contribution >= 0.6 is 11.6 Å². The normalized spacial score (nSPS) is 10.9. The minimum absolute atomic E-state index is 0.270. The van der Waals surface area contributed by atoms with Gasteiger partial charge in [-0.15, -0.1) is 0 Å². The average Bonchev–Trinajstić information content (AvgIpc) is 2.58. The van der Waals surface area contributed by atoms with E-state index in [4.69, 9.17) is 16.3 Å². The number of hydrogen-bond acceptors (Lipinski definition) is 5. The summed E-state index contributed by atoms with van der Waals surface area (Å²) >= 11 is 5.65. The molecular formula is C16H15ClN2O3. The van der Waals surface area contributed by atoms with Crippen molar-refractivity contribution in [2.24, 2.45) is 5.10 Å². The molecule has 0 saturated carbocycles. The molecule has 114 valence electrons. The fraction of sp³-hybridized carbons (Fsp3) is 0.125. The molecule has 0 heterocycles. The summed E-state index contributed by atoms with van der Waals surface area (Å²) in [7, 11) is 1.24. The van der Waals surface area contributed by atoms with E-state index >= 15 is 0 Å². The Morgan fingerprint density at radius 3 is 2.68 bits per heavy atom. The van der Waals surface area contributed by atoms with E-state index in [1.807, 2.05) is 48.5 Å². The summed E-state index contributed by atoms with van der Waals surface area (Å²) in [6.45, 7) is 0.425. The maximum atomic E-state index is 11.1. The van der Waals surface area contributed by atoms with Gasteiger partial charge in [0, 0.05) is 0 Å². The molecule has 0 atom stereocenters. The molecule has 1 N–H and O–H groups in total. The predicted octanol–water partition coefficient (Wildman–Crippen LogP) is 3.40. The van der Waals surface area contributed by atoms with Gasteiger partial charge >= 0.3 is 5.97 Å². The van der Waals surface area contributed by atoms with Gasteiger partial charge in [0.15, 0.2) is 0 Å². The first-order valence-corrected chi connectivity index (χ1v) is 6.91. The molecular weight excluding hydrogens is 304 g/mol. The third kappa shape index (κ3) is 4.79. The second-order valence-corrected chi connectivity index (χ2v) is 4.67. The standard InChI is InChI=1S/C16H15ClN2O3/c1-21-16(20)15(17)19-18-13-7-5-6-12(10-13)11-22-14-8-3-2-4-9-14/h2-10,18H,11H2,1H3/b19-15+. The number of nitrogens with one attached hydrogen (secondary N) is 1. The van der Waals surface area contributed by atoms with Crippen molar-refractivity contribution in [3.63, 3.8) is 0 Å². The minimum atomic E-state index is -0.697. The molecule has 0 bridgehead atoms. The molecule has 0 aliphatic rings. The smallest absolute Gasteiger partial charge is 0.370 e. The van der Waals surface area contributed by atoms with Gasteiger partial charge in [-0.3, -0.25) is 5.43 Å². The van der Waals surface area contributed by atoms with Gasteiger partial charge in [0.1, 0.15) is 12.4 Å². The predicted molar refractivity (Wildman–Crippen MR) is 86.1 cm³/mol. The highest BCUT2D eigenvalue weighted by molar-refractivity contribution is 6.82. The van der Waals surface area contributed by atoms with Crippen molar-refractivity contribution in [3.8, 4) is 5.75 Å². The minimum Gasteiger partial charge on any atom is -0.489 e. The molecule has 0 amide bonds. The van der Waals surface area contributed by atoms with Crippen molar-refractivity contribution < 1.29 is 14.3 Å². The molecule has 0 saturated heterocycles. The van der Waals surface area contributed by atoms with Crippen molar-refractivity contribution in [1.82, 2.24) is 0 Å². The lowest BCUT2D eigenvalue weighted by atomic mass is 10.2. The van der Waals surface area contributed by atoms with E-state index in [9.17, 15) is 4.79 Å². The largest absolute Gasteiger partial charge is 0.489 e. The van der Waals surface area contributed by atoms with Gasteiger partial charge in [-0.05, 0) is 29.8 Å². The van der Waals surface area contributed by atoms with Crippen molar-refractivity contribution in [1.29, 1.82) is 0 Å². The number of ether oxygens (including phenoxy) is 2. The zero-order chi connectivity index (χ0) is 15.8. The number of esters is 1. The quantitative estimate of drug-likeness (QED) is 0.504. The highest BCUT2D eigenvalue weighted by Crippen LogP contribution is 2.15. The van der Waals surface area contributed by atoms with Crippen LogP contribution in [0.15, 0.2) is 59.7 Å². The maximum absolute atomic E-state index is 11.1. The average molecular weight is 319 g/mol. The summed E-state index contributed by atoms with van der Waals surface area (Å²) < 4.78 is 10.1. The summed E-state index contributed by atoms with van der Waals surface area (Å²) in [6.07, 6.45) is 0. The summed E-state index contributed by atoms with van der Waals surface area (Å²) in [6, 6.07) is 17.0. The number of para-hydroxylation sites is 1. The Bertz CT molecular complexity index is 659. The van der Waals surface area contributed by atoms with Crippen LogP contribution in [-0.4, -0.2) is 18.2 Å². The van der Waals surface area contributed by atoms with E-state index in [1.54, 1.807) is 6.07 Å². The number of carbonyl (C=O) groups is 1. The first-order chi connectivity index (χ1) is 10.7. The molecule has 22 heavy (non-hydrogen) atoms. The number of halogens is 1. The fourth-order valence-electron chi connectivity index (χ4n) is 1.66. The molecule has 0 fully saturated rings. The first-order valence-electron chi connectivity index (χ1n) is 6.53. The molecule has 0 spiro atoms. The Balaban J connectivity index is 1.96. The lowest BCUT2D eigenvalue weighted by Crippen LogP contribution is -2.11. The van der Waals surface area contributed by atoms with Crippen LogP contribution in [0.4, 0.5) is 5.69 Å². The van der Waals surface area contributed by atoms with Crippen LogP contribution in [0.3, 0.4) is 0 Å². The van der Waals surface area contributed by atoms with Crippen molar-refractivity contribution >= 4 is 28.4 Å². The van der Waals surface area contributed by atoms with Crippen LogP contribution in [0, 0.1) is 0 Å². The third-order valence-electron chi connectivity index (χ3n) is 2.71. The monoisotopic (exact) mass is 318 g/mol. The topological polar surface area (TPSA) is 59.9 Å². The van der Waals surface area contributed by atoms with Crippen LogP contribution in [-0.2, 0) is 16.1 Å². The third-order valence-corrected chi connectivity index (χ3v) is 2.95. The number of benzene rings is 2. The summed E-state index contributed by atoms with van der Waals surface area (Å²) in [5, 5.41) is 3.47. The number of nitrogens with zero attached hydrogens (tertiary/aromatic N) is 1. The Kier molecular flexibility index (Phi) is 5.80. The van der Waals surface area contributed by atoms with Crippen molar-refractivity contribution in [2.45, 2.75) is 6.61 Å². The van der Waals surface area contributed by atoms with E-state index in [1.165, 1.54) is 7.11 Å². The second kappa shape index (κ2) is 8.05. The lowest BCUT2D eigenvalue weighted by Gasteiger charge is -2.07. The van der Waals surface area contributed by atoms with Crippen LogP contribution in [0.1, 0.15) is 5.56 Å². The number of methoxy groups -OCH3 is 1. The molecule has 0 aliphatic carbocycles. The SMILES string of the molecule is COC(=O)/C(Cl)=N\Nc1cccc(COc2ccccc2)c1. The second-order valence-electron chi connectivity index (χ2n) is 4.31. The molecule has 0 radical (unpaired) electrons. The van der Waals surface area contributed by atoms with Gasteiger partial charge < -0.3 is 9.47 Å². The molecule has 0 unspecified atom stereocenters. The van der Waals surface area contributed by atoms with Crippen LogP contribution in [0.2, 0.25) is 0 Å². The molecule has 0 aliphatic heterocycles. The van der Waals surface area contributed by atoms with Crippen LogP contribution in [0.25, 0.3) is 0 Å². The molecule has 0 aromatic heterocycles. The number of hydrogen-bond donors (Lipinski definition) is 1. The molecule has 2 aromatic carbocycles. The molecule has 2 aromatic rings. The zero-order valence-corrected chi connectivity index (χ0v) is 12.7. The Morgan fingerprint density at radius 1 is 1.18 bits per heavy atom. The van der Waals surface area contributed by atoms with Gasteiger partial charge in [-0.2, -0.15) is 5.10 Å². The number of hydrazone groups is 1. The Labute approximate surface area is 133 Å². The highest BCUT2D eigenvalue weighted by Gasteiger charge is 2.07. The van der Waals surface area contributed by atoms with E-state index in [0.717, 1.165) is 11.3 Å². The Morgan fingerprint density at radius 2 is 1.95 bits per heavy atom. The highest BCUT2D eigenvalue weighted by atomic mass is 35.5. The van der Waals surface area contributed by atoms with E-state index in [0.29, 0.717) is 12.3 Å². The maximum Gasteiger partial charge on any atom is 0.370 e. The number of carbonyl (C=O) groups excluding carboxylic acids is 1. The van der Waals surface area contributed by atoms with E-state index < -0.39 is 5.97 Å². The van der Waals surface area contributed by atoms with Gasteiger partial charge in [-0.25, -0.2) is 4.79 Å². The first kappa shape index (κ1) is 15.9. The van der Waals surface area contributed by atoms with Crippen molar-refractivity contribution in [2.75, 3.05) is 12.5 Å². The molecule has 6 heteroatoms. The fourth-order valence-corrected chi connectivity index (χ4v) is 1.78. The zero-order valence-electron chi connectivity index (χ0n) is 12.0. The van der Waals surface area contributed by atoms with Gasteiger partial charge in [0.05, 0.1) is 12.8 Å². The van der Waals surface area contributed by atoms with Gasteiger partial charge in [0.25, 0.3) is 0 Å². The summed E-state index contributed by atoms with van der Waals surface area (Å²) in [5.74, 6) is 0.102. The van der Waals surface area contributed by atoms with E-state index in [-0.39, 0.29) is 5.17 Å². The van der Waals surface area contributed by atoms with Crippen molar-refractivity contribution in [3.05, 3.63) is 60.2 Å². The van der Waals surface area contributed by atoms with Gasteiger partial charge in [0.2, 0.25) is 5.17 Å².